The summed E-state index contributed by atoms with van der Waals surface area (Å²) in [4.78, 5) is 0. The Labute approximate surface area is 129 Å². The van der Waals surface area contributed by atoms with E-state index in [4.69, 9.17) is 21.1 Å². The van der Waals surface area contributed by atoms with E-state index < -0.39 is 6.10 Å². The molecule has 122 valence electrons. The van der Waals surface area contributed by atoms with Gasteiger partial charge in [0.1, 0.15) is 0 Å². The lowest BCUT2D eigenvalue weighted by Gasteiger charge is -2.36. The molecule has 0 aliphatic rings. The highest BCUT2D eigenvalue weighted by atomic mass is 35.5. The van der Waals surface area contributed by atoms with Crippen LogP contribution in [0.4, 0.5) is 0 Å². The Kier molecular flexibility index (Phi) is 9.27. The summed E-state index contributed by atoms with van der Waals surface area (Å²) in [7, 11) is 1.70. The smallest absolute Gasteiger partial charge is 0.0799 e. The van der Waals surface area contributed by atoms with Crippen LogP contribution in [0.2, 0.25) is 0 Å². The normalized spacial score (nSPS) is 16.2. The molecule has 0 aliphatic heterocycles. The number of nitrogens with one attached hydrogen (secondary N) is 1. The third kappa shape index (κ3) is 8.42. The molecule has 0 spiro atoms. The van der Waals surface area contributed by atoms with E-state index in [9.17, 15) is 5.11 Å². The first-order valence-electron chi connectivity index (χ1n) is 7.26. The zero-order valence-electron chi connectivity index (χ0n) is 13.8. The summed E-state index contributed by atoms with van der Waals surface area (Å²) in [6.45, 7) is 12.4. The summed E-state index contributed by atoms with van der Waals surface area (Å²) in [5, 5.41) is 12.9. The van der Waals surface area contributed by atoms with E-state index in [0.717, 1.165) is 6.42 Å². The van der Waals surface area contributed by atoms with Gasteiger partial charge in [-0.2, -0.15) is 0 Å². The minimum atomic E-state index is -0.512. The second-order valence-corrected chi connectivity index (χ2v) is 6.93. The quantitative estimate of drug-likeness (QED) is 0.576. The van der Waals surface area contributed by atoms with Crippen molar-refractivity contribution >= 4 is 11.6 Å². The number of ether oxygens (including phenoxy) is 2. The lowest BCUT2D eigenvalue weighted by Crippen LogP contribution is -2.50. The Morgan fingerprint density at radius 3 is 2.35 bits per heavy atom. The van der Waals surface area contributed by atoms with Crippen molar-refractivity contribution in [3.63, 3.8) is 0 Å². The van der Waals surface area contributed by atoms with Crippen LogP contribution in [0, 0.1) is 5.92 Å². The first-order chi connectivity index (χ1) is 9.14. The molecule has 0 aromatic carbocycles. The predicted octanol–water partition coefficient (Wildman–Crippen LogP) is 2.42. The van der Waals surface area contributed by atoms with Gasteiger partial charge < -0.3 is 19.9 Å². The van der Waals surface area contributed by atoms with E-state index >= 15 is 0 Å². The molecule has 0 saturated carbocycles. The van der Waals surface area contributed by atoms with Crippen molar-refractivity contribution in [2.75, 3.05) is 32.7 Å². The number of rotatable bonds is 11. The van der Waals surface area contributed by atoms with Crippen molar-refractivity contribution in [2.24, 2.45) is 5.92 Å². The number of aliphatic hydroxyl groups is 1. The fraction of sp³-hybridized carbons (Fsp3) is 1.00. The summed E-state index contributed by atoms with van der Waals surface area (Å²) >= 11 is 5.60. The molecule has 0 fully saturated rings. The maximum absolute atomic E-state index is 9.52. The largest absolute Gasteiger partial charge is 0.391 e. The van der Waals surface area contributed by atoms with Crippen LogP contribution >= 0.6 is 11.6 Å². The molecular formula is C15H32ClNO3. The van der Waals surface area contributed by atoms with E-state index in [1.807, 2.05) is 0 Å². The molecule has 20 heavy (non-hydrogen) atoms. The fourth-order valence-electron chi connectivity index (χ4n) is 1.59. The predicted molar refractivity (Wildman–Crippen MR) is 84.5 cm³/mol. The van der Waals surface area contributed by atoms with Gasteiger partial charge in [-0.05, 0) is 40.0 Å². The van der Waals surface area contributed by atoms with Crippen molar-refractivity contribution in [1.82, 2.24) is 5.32 Å². The van der Waals surface area contributed by atoms with Crippen molar-refractivity contribution in [2.45, 2.75) is 58.3 Å². The number of methoxy groups -OCH3 is 1. The van der Waals surface area contributed by atoms with E-state index in [2.05, 4.69) is 39.9 Å². The van der Waals surface area contributed by atoms with E-state index in [0.29, 0.717) is 25.7 Å². The Morgan fingerprint density at radius 2 is 1.85 bits per heavy atom. The van der Waals surface area contributed by atoms with Crippen LogP contribution in [0.25, 0.3) is 0 Å². The molecule has 2 N–H and O–H groups in total. The van der Waals surface area contributed by atoms with Gasteiger partial charge in [-0.25, -0.2) is 0 Å². The van der Waals surface area contributed by atoms with Crippen molar-refractivity contribution in [3.8, 4) is 0 Å². The highest BCUT2D eigenvalue weighted by Crippen LogP contribution is 2.21. The number of alkyl halides is 1. The van der Waals surface area contributed by atoms with Crippen LogP contribution in [0.5, 0.6) is 0 Å². The summed E-state index contributed by atoms with van der Waals surface area (Å²) in [5.74, 6) is 0.560. The van der Waals surface area contributed by atoms with Crippen molar-refractivity contribution < 1.29 is 14.6 Å². The maximum Gasteiger partial charge on any atom is 0.0799 e. The van der Waals surface area contributed by atoms with Gasteiger partial charge >= 0.3 is 0 Å². The number of hydrogen-bond donors (Lipinski definition) is 2. The molecule has 0 radical (unpaired) electrons. The van der Waals surface area contributed by atoms with Gasteiger partial charge in [0.2, 0.25) is 0 Å². The standard InChI is InChI=1S/C15H32ClNO3/c1-12(11-20-14(2,3)7-8-19-6)15(4,5)17-10-13(18)9-16/h12-13,17-18H,7-11H2,1-6H3. The van der Waals surface area contributed by atoms with E-state index in [-0.39, 0.29) is 17.0 Å². The Balaban J connectivity index is 4.19. The molecule has 2 unspecified atom stereocenters. The average molecular weight is 310 g/mol. The molecular weight excluding hydrogens is 278 g/mol. The zero-order chi connectivity index (χ0) is 15.8. The molecule has 2 atom stereocenters. The van der Waals surface area contributed by atoms with Crippen LogP contribution in [0.1, 0.15) is 41.0 Å². The third-order valence-electron chi connectivity index (χ3n) is 3.84. The second kappa shape index (κ2) is 9.21. The molecule has 0 rings (SSSR count). The molecule has 4 nitrogen and oxygen atoms in total. The monoisotopic (exact) mass is 309 g/mol. The Hall–Kier alpha value is 0.130. The first kappa shape index (κ1) is 20.1. The number of halogens is 1. The fourth-order valence-corrected chi connectivity index (χ4v) is 1.70. The van der Waals surface area contributed by atoms with Gasteiger partial charge in [-0.3, -0.25) is 0 Å². The van der Waals surface area contributed by atoms with Gasteiger partial charge in [0.05, 0.1) is 18.3 Å². The number of aliphatic hydroxyl groups excluding tert-OH is 1. The third-order valence-corrected chi connectivity index (χ3v) is 4.19. The Morgan fingerprint density at radius 1 is 1.25 bits per heavy atom. The lowest BCUT2D eigenvalue weighted by atomic mass is 9.89. The van der Waals surface area contributed by atoms with Crippen LogP contribution in [-0.4, -0.2) is 55.1 Å². The lowest BCUT2D eigenvalue weighted by molar-refractivity contribution is -0.0597. The highest BCUT2D eigenvalue weighted by molar-refractivity contribution is 6.18. The van der Waals surface area contributed by atoms with Crippen LogP contribution in [0.15, 0.2) is 0 Å². The summed E-state index contributed by atoms with van der Waals surface area (Å²) in [6, 6.07) is 0. The van der Waals surface area contributed by atoms with Gasteiger partial charge in [-0.1, -0.05) is 6.92 Å². The first-order valence-corrected chi connectivity index (χ1v) is 7.80. The molecule has 0 saturated heterocycles. The van der Waals surface area contributed by atoms with Crippen molar-refractivity contribution in [3.05, 3.63) is 0 Å². The summed E-state index contributed by atoms with van der Waals surface area (Å²) < 4.78 is 11.1. The molecule has 0 aromatic heterocycles. The highest BCUT2D eigenvalue weighted by Gasteiger charge is 2.28. The van der Waals surface area contributed by atoms with Crippen LogP contribution < -0.4 is 5.32 Å². The van der Waals surface area contributed by atoms with E-state index in [1.165, 1.54) is 0 Å². The van der Waals surface area contributed by atoms with Gasteiger partial charge in [0.15, 0.2) is 0 Å². The number of hydrogen-bond acceptors (Lipinski definition) is 4. The van der Waals surface area contributed by atoms with Gasteiger partial charge in [-0.15, -0.1) is 11.6 Å². The zero-order valence-corrected chi connectivity index (χ0v) is 14.6. The second-order valence-electron chi connectivity index (χ2n) is 6.63. The minimum absolute atomic E-state index is 0.121. The van der Waals surface area contributed by atoms with Crippen molar-refractivity contribution in [1.29, 1.82) is 0 Å². The van der Waals surface area contributed by atoms with Gasteiger partial charge in [0.25, 0.3) is 0 Å². The molecule has 0 aromatic rings. The topological polar surface area (TPSA) is 50.7 Å². The van der Waals surface area contributed by atoms with Crippen LogP contribution in [-0.2, 0) is 9.47 Å². The molecule has 0 amide bonds. The van der Waals surface area contributed by atoms with Crippen LogP contribution in [0.3, 0.4) is 0 Å². The Bertz CT molecular complexity index is 260. The molecule has 0 bridgehead atoms. The number of β-amino-alcohol motifs (C(OH)–C–C–N with tert-alkyl or cyclic N) is 1. The minimum Gasteiger partial charge on any atom is -0.391 e. The molecule has 5 heteroatoms. The summed E-state index contributed by atoms with van der Waals surface area (Å²) in [6.07, 6.45) is 0.358. The molecule has 0 heterocycles. The summed E-state index contributed by atoms with van der Waals surface area (Å²) in [5.41, 5.74) is -0.305. The van der Waals surface area contributed by atoms with E-state index in [1.54, 1.807) is 7.11 Å². The van der Waals surface area contributed by atoms with Gasteiger partial charge in [0, 0.05) is 31.7 Å². The maximum atomic E-state index is 9.52. The SMILES string of the molecule is COCCC(C)(C)OCC(C)C(C)(C)NCC(O)CCl. The average Bonchev–Trinajstić information content (AvgIpc) is 2.40. The molecule has 0 aliphatic carbocycles.